The van der Waals surface area contributed by atoms with Gasteiger partial charge in [-0.3, -0.25) is 4.98 Å². The molecule has 0 saturated heterocycles. The van der Waals surface area contributed by atoms with E-state index in [9.17, 15) is 0 Å². The van der Waals surface area contributed by atoms with Crippen molar-refractivity contribution in [3.8, 4) is 11.5 Å². The number of halogens is 1. The summed E-state index contributed by atoms with van der Waals surface area (Å²) in [6, 6.07) is 9.78. The van der Waals surface area contributed by atoms with Gasteiger partial charge >= 0.3 is 0 Å². The Bertz CT molecular complexity index is 565. The Labute approximate surface area is 124 Å². The van der Waals surface area contributed by atoms with E-state index >= 15 is 0 Å². The molecule has 0 radical (unpaired) electrons. The molecule has 0 aliphatic heterocycles. The normalized spacial score (nSPS) is 12.2. The molecule has 2 aromatic rings. The third kappa shape index (κ3) is 3.50. The molecular weight excluding hydrogens is 272 g/mol. The first kappa shape index (κ1) is 14.8. The van der Waals surface area contributed by atoms with Crippen LogP contribution < -0.4 is 10.1 Å². The van der Waals surface area contributed by atoms with Gasteiger partial charge < -0.3 is 10.1 Å². The van der Waals surface area contributed by atoms with Crippen molar-refractivity contribution in [3.05, 3.63) is 52.8 Å². The van der Waals surface area contributed by atoms with Gasteiger partial charge in [0.05, 0.1) is 11.9 Å². The lowest BCUT2D eigenvalue weighted by molar-refractivity contribution is 0.474. The quantitative estimate of drug-likeness (QED) is 0.880. The third-order valence-corrected chi connectivity index (χ3v) is 3.47. The monoisotopic (exact) mass is 290 g/mol. The summed E-state index contributed by atoms with van der Waals surface area (Å²) in [5.74, 6) is 1.52. The summed E-state index contributed by atoms with van der Waals surface area (Å²) in [4.78, 5) is 4.45. The van der Waals surface area contributed by atoms with Crippen LogP contribution in [0, 0.1) is 6.92 Å². The Kier molecular flexibility index (Phi) is 4.99. The van der Waals surface area contributed by atoms with Crippen molar-refractivity contribution >= 4 is 11.6 Å². The largest absolute Gasteiger partial charge is 0.455 e. The van der Waals surface area contributed by atoms with Gasteiger partial charge in [-0.15, -0.1) is 0 Å². The predicted molar refractivity (Wildman–Crippen MR) is 82.6 cm³/mol. The Balaban J connectivity index is 2.14. The number of aromatic nitrogens is 1. The van der Waals surface area contributed by atoms with Crippen LogP contribution in [0.1, 0.15) is 30.6 Å². The number of hydrogen-bond donors (Lipinski definition) is 1. The molecule has 1 heterocycles. The molecule has 0 bridgehead atoms. The summed E-state index contributed by atoms with van der Waals surface area (Å²) >= 11 is 5.93. The van der Waals surface area contributed by atoms with Crippen LogP contribution >= 0.6 is 11.6 Å². The van der Waals surface area contributed by atoms with E-state index in [2.05, 4.69) is 17.2 Å². The Morgan fingerprint density at radius 1 is 1.30 bits per heavy atom. The Hall–Kier alpha value is -1.58. The first-order chi connectivity index (χ1) is 9.63. The number of hydrogen-bond acceptors (Lipinski definition) is 3. The minimum Gasteiger partial charge on any atom is -0.455 e. The van der Waals surface area contributed by atoms with Crippen molar-refractivity contribution in [3.63, 3.8) is 0 Å². The number of pyridine rings is 1. The zero-order valence-electron chi connectivity index (χ0n) is 12.0. The molecule has 2 rings (SSSR count). The van der Waals surface area contributed by atoms with Gasteiger partial charge in [-0.05, 0) is 56.3 Å². The van der Waals surface area contributed by atoms with Crippen molar-refractivity contribution < 1.29 is 4.74 Å². The smallest absolute Gasteiger partial charge is 0.145 e. The zero-order valence-corrected chi connectivity index (χ0v) is 12.7. The van der Waals surface area contributed by atoms with Crippen LogP contribution in [0.4, 0.5) is 0 Å². The van der Waals surface area contributed by atoms with Crippen LogP contribution in [0.15, 0.2) is 36.5 Å². The van der Waals surface area contributed by atoms with E-state index in [-0.39, 0.29) is 6.04 Å². The molecule has 106 valence electrons. The fraction of sp³-hybridized carbons (Fsp3) is 0.312. The van der Waals surface area contributed by atoms with E-state index in [1.807, 2.05) is 44.3 Å². The second-order valence-electron chi connectivity index (χ2n) is 4.68. The molecule has 1 aromatic heterocycles. The van der Waals surface area contributed by atoms with Crippen LogP contribution in [0.2, 0.25) is 5.02 Å². The maximum absolute atomic E-state index is 5.93. The minimum absolute atomic E-state index is 0.279. The molecule has 20 heavy (non-hydrogen) atoms. The number of aryl methyl sites for hydroxylation is 1. The second-order valence-corrected chi connectivity index (χ2v) is 5.12. The van der Waals surface area contributed by atoms with Gasteiger partial charge in [-0.25, -0.2) is 0 Å². The fourth-order valence-electron chi connectivity index (χ4n) is 2.07. The van der Waals surface area contributed by atoms with E-state index < -0.39 is 0 Å². The summed E-state index contributed by atoms with van der Waals surface area (Å²) in [5, 5.41) is 3.95. The average molecular weight is 291 g/mol. The molecule has 0 aliphatic rings. The number of rotatable bonds is 5. The minimum atomic E-state index is 0.279. The number of benzene rings is 1. The highest BCUT2D eigenvalue weighted by molar-refractivity contribution is 6.30. The zero-order chi connectivity index (χ0) is 14.5. The van der Waals surface area contributed by atoms with Crippen molar-refractivity contribution in [2.24, 2.45) is 0 Å². The highest BCUT2D eigenvalue weighted by Crippen LogP contribution is 2.27. The van der Waals surface area contributed by atoms with Crippen LogP contribution in [-0.4, -0.2) is 12.0 Å². The molecule has 1 atom stereocenters. The summed E-state index contributed by atoms with van der Waals surface area (Å²) in [7, 11) is 1.94. The molecule has 0 saturated carbocycles. The number of nitrogens with zero attached hydrogens (tertiary/aromatic N) is 1. The molecule has 1 aromatic carbocycles. The van der Waals surface area contributed by atoms with Crippen LogP contribution in [-0.2, 0) is 0 Å². The van der Waals surface area contributed by atoms with Crippen molar-refractivity contribution in [1.82, 2.24) is 10.3 Å². The summed E-state index contributed by atoms with van der Waals surface area (Å²) in [5.41, 5.74) is 2.03. The number of nitrogens with one attached hydrogen (secondary N) is 1. The lowest BCUT2D eigenvalue weighted by atomic mass is 10.1. The van der Waals surface area contributed by atoms with Gasteiger partial charge in [-0.2, -0.15) is 0 Å². The molecule has 1 N–H and O–H groups in total. The van der Waals surface area contributed by atoms with E-state index in [1.165, 1.54) is 0 Å². The molecular formula is C16H19ClN2O. The van der Waals surface area contributed by atoms with E-state index in [4.69, 9.17) is 16.3 Å². The van der Waals surface area contributed by atoms with Gasteiger partial charge in [0.15, 0.2) is 0 Å². The second kappa shape index (κ2) is 6.73. The Morgan fingerprint density at radius 3 is 2.65 bits per heavy atom. The molecule has 0 fully saturated rings. The van der Waals surface area contributed by atoms with Crippen molar-refractivity contribution in [2.45, 2.75) is 26.3 Å². The predicted octanol–water partition coefficient (Wildman–Crippen LogP) is 4.51. The van der Waals surface area contributed by atoms with Crippen LogP contribution in [0.3, 0.4) is 0 Å². The SMILES string of the molecule is CCC(NC)c1ccc(Oc2ccc(Cl)cc2C)cn1. The van der Waals surface area contributed by atoms with Crippen molar-refractivity contribution in [1.29, 1.82) is 0 Å². The van der Waals surface area contributed by atoms with Gasteiger partial charge in [0, 0.05) is 11.1 Å². The van der Waals surface area contributed by atoms with Gasteiger partial charge in [0.2, 0.25) is 0 Å². The molecule has 0 spiro atoms. The van der Waals surface area contributed by atoms with E-state index in [0.717, 1.165) is 29.2 Å². The summed E-state index contributed by atoms with van der Waals surface area (Å²) < 4.78 is 5.82. The summed E-state index contributed by atoms with van der Waals surface area (Å²) in [6.07, 6.45) is 2.75. The maximum atomic E-state index is 5.93. The highest BCUT2D eigenvalue weighted by atomic mass is 35.5. The molecule has 3 nitrogen and oxygen atoms in total. The Morgan fingerprint density at radius 2 is 2.10 bits per heavy atom. The van der Waals surface area contributed by atoms with Gasteiger partial charge in [0.25, 0.3) is 0 Å². The lowest BCUT2D eigenvalue weighted by Gasteiger charge is -2.14. The van der Waals surface area contributed by atoms with Crippen LogP contribution in [0.5, 0.6) is 11.5 Å². The van der Waals surface area contributed by atoms with E-state index in [1.54, 1.807) is 6.20 Å². The molecule has 0 aliphatic carbocycles. The molecule has 1 unspecified atom stereocenters. The summed E-state index contributed by atoms with van der Waals surface area (Å²) in [6.45, 7) is 4.10. The standard InChI is InChI=1S/C16H19ClN2O/c1-4-14(18-3)15-7-6-13(10-19-15)20-16-8-5-12(17)9-11(16)2/h5-10,14,18H,4H2,1-3H3. The topological polar surface area (TPSA) is 34.1 Å². The van der Waals surface area contributed by atoms with Crippen LogP contribution in [0.25, 0.3) is 0 Å². The van der Waals surface area contributed by atoms with E-state index in [0.29, 0.717) is 5.02 Å². The first-order valence-corrected chi connectivity index (χ1v) is 7.09. The maximum Gasteiger partial charge on any atom is 0.145 e. The molecule has 0 amide bonds. The fourth-order valence-corrected chi connectivity index (χ4v) is 2.30. The van der Waals surface area contributed by atoms with Crippen molar-refractivity contribution in [2.75, 3.05) is 7.05 Å². The number of ether oxygens (including phenoxy) is 1. The average Bonchev–Trinajstić information content (AvgIpc) is 2.45. The lowest BCUT2D eigenvalue weighted by Crippen LogP contribution is -2.16. The first-order valence-electron chi connectivity index (χ1n) is 6.71. The van der Waals surface area contributed by atoms with Gasteiger partial charge in [0.1, 0.15) is 11.5 Å². The molecule has 4 heteroatoms. The highest BCUT2D eigenvalue weighted by Gasteiger charge is 2.08. The van der Waals surface area contributed by atoms with Gasteiger partial charge in [-0.1, -0.05) is 18.5 Å². The third-order valence-electron chi connectivity index (χ3n) is 3.24.